The van der Waals surface area contributed by atoms with Gasteiger partial charge in [0.15, 0.2) is 0 Å². The van der Waals surface area contributed by atoms with Gasteiger partial charge < -0.3 is 10.6 Å². The largest absolute Gasteiger partial charge is 0.397 e. The summed E-state index contributed by atoms with van der Waals surface area (Å²) in [4.78, 5) is 6.63. The molecule has 0 unspecified atom stereocenters. The number of rotatable bonds is 5. The van der Waals surface area contributed by atoms with E-state index in [1.807, 2.05) is 30.3 Å². The van der Waals surface area contributed by atoms with Gasteiger partial charge in [-0.2, -0.15) is 0 Å². The van der Waals surface area contributed by atoms with Crippen LogP contribution in [-0.2, 0) is 0 Å². The molecule has 0 spiro atoms. The number of nitrogens with two attached hydrogens (primary N) is 1. The molecular formula is C15H19N3. The Kier molecular flexibility index (Phi) is 4.18. The highest BCUT2D eigenvalue weighted by atomic mass is 15.2. The maximum atomic E-state index is 5.68. The molecule has 0 saturated heterocycles. The highest BCUT2D eigenvalue weighted by Crippen LogP contribution is 2.24. The van der Waals surface area contributed by atoms with Crippen LogP contribution in [0.25, 0.3) is 0 Å². The number of benzene rings is 1. The third kappa shape index (κ3) is 3.00. The molecule has 2 rings (SSSR count). The Labute approximate surface area is 108 Å². The molecule has 0 aliphatic heterocycles. The van der Waals surface area contributed by atoms with Crippen molar-refractivity contribution in [3.63, 3.8) is 0 Å². The molecule has 0 aliphatic carbocycles. The Bertz CT molecular complexity index is 465. The summed E-state index contributed by atoms with van der Waals surface area (Å²) in [5.74, 6) is 0.948. The second-order valence-corrected chi connectivity index (χ2v) is 4.29. The van der Waals surface area contributed by atoms with Crippen LogP contribution < -0.4 is 10.6 Å². The molecule has 1 aromatic carbocycles. The number of nitrogen functional groups attached to an aromatic ring is 1. The van der Waals surface area contributed by atoms with E-state index in [9.17, 15) is 0 Å². The number of pyridine rings is 1. The molecular weight excluding hydrogens is 222 g/mol. The van der Waals surface area contributed by atoms with E-state index < -0.39 is 0 Å². The lowest BCUT2D eigenvalue weighted by molar-refractivity contribution is 0.779. The smallest absolute Gasteiger partial charge is 0.133 e. The molecule has 2 aromatic rings. The van der Waals surface area contributed by atoms with Crippen molar-refractivity contribution < 1.29 is 0 Å². The summed E-state index contributed by atoms with van der Waals surface area (Å²) in [6, 6.07) is 14.2. The highest BCUT2D eigenvalue weighted by Gasteiger charge is 2.09. The van der Waals surface area contributed by atoms with E-state index >= 15 is 0 Å². The Morgan fingerprint density at radius 2 is 1.89 bits per heavy atom. The molecule has 18 heavy (non-hydrogen) atoms. The molecule has 0 radical (unpaired) electrons. The van der Waals surface area contributed by atoms with Crippen LogP contribution in [0.3, 0.4) is 0 Å². The van der Waals surface area contributed by atoms with Gasteiger partial charge in [0.25, 0.3) is 0 Å². The van der Waals surface area contributed by atoms with E-state index in [0.29, 0.717) is 5.69 Å². The monoisotopic (exact) mass is 241 g/mol. The number of nitrogens with zero attached hydrogens (tertiary/aromatic N) is 2. The zero-order valence-corrected chi connectivity index (χ0v) is 10.7. The number of hydrogen-bond donors (Lipinski definition) is 1. The Hall–Kier alpha value is -2.03. The molecule has 0 amide bonds. The van der Waals surface area contributed by atoms with Gasteiger partial charge in [-0.25, -0.2) is 4.98 Å². The van der Waals surface area contributed by atoms with Crippen molar-refractivity contribution in [2.75, 3.05) is 17.2 Å². The molecule has 3 heteroatoms. The van der Waals surface area contributed by atoms with Crippen LogP contribution in [-0.4, -0.2) is 11.5 Å². The fourth-order valence-electron chi connectivity index (χ4n) is 1.86. The number of hydrogen-bond acceptors (Lipinski definition) is 3. The van der Waals surface area contributed by atoms with E-state index in [-0.39, 0.29) is 0 Å². The Morgan fingerprint density at radius 1 is 1.11 bits per heavy atom. The topological polar surface area (TPSA) is 42.1 Å². The summed E-state index contributed by atoms with van der Waals surface area (Å²) in [6.07, 6.45) is 4.01. The van der Waals surface area contributed by atoms with Crippen molar-refractivity contribution >= 4 is 17.2 Å². The van der Waals surface area contributed by atoms with Crippen molar-refractivity contribution in [2.24, 2.45) is 0 Å². The molecule has 0 bridgehead atoms. The van der Waals surface area contributed by atoms with E-state index in [4.69, 9.17) is 5.73 Å². The molecule has 1 aromatic heterocycles. The first-order chi connectivity index (χ1) is 8.81. The van der Waals surface area contributed by atoms with Gasteiger partial charge in [-0.3, -0.25) is 0 Å². The van der Waals surface area contributed by atoms with E-state index in [1.165, 1.54) is 5.69 Å². The zero-order valence-electron chi connectivity index (χ0n) is 10.7. The summed E-state index contributed by atoms with van der Waals surface area (Å²) in [7, 11) is 0. The molecule has 94 valence electrons. The standard InChI is InChI=1S/C15H19N3/c1-2-3-11-18(14-7-5-4-6-8-14)15-10-9-13(16)12-17-15/h4-10,12H,2-3,11,16H2,1H3. The average Bonchev–Trinajstić information content (AvgIpc) is 2.42. The fraction of sp³-hybridized carbons (Fsp3) is 0.267. The van der Waals surface area contributed by atoms with Gasteiger partial charge >= 0.3 is 0 Å². The Morgan fingerprint density at radius 3 is 2.50 bits per heavy atom. The predicted octanol–water partition coefficient (Wildman–Crippen LogP) is 3.60. The van der Waals surface area contributed by atoms with Gasteiger partial charge in [-0.1, -0.05) is 31.5 Å². The van der Waals surface area contributed by atoms with E-state index in [1.54, 1.807) is 6.20 Å². The van der Waals surface area contributed by atoms with E-state index in [0.717, 1.165) is 25.2 Å². The Balaban J connectivity index is 2.27. The van der Waals surface area contributed by atoms with Gasteiger partial charge in [0.1, 0.15) is 5.82 Å². The van der Waals surface area contributed by atoms with Crippen molar-refractivity contribution in [1.29, 1.82) is 0 Å². The number of anilines is 3. The first kappa shape index (κ1) is 12.4. The lowest BCUT2D eigenvalue weighted by atomic mass is 10.2. The second-order valence-electron chi connectivity index (χ2n) is 4.29. The van der Waals surface area contributed by atoms with Crippen LogP contribution in [0.15, 0.2) is 48.7 Å². The van der Waals surface area contributed by atoms with Crippen molar-refractivity contribution in [3.05, 3.63) is 48.7 Å². The quantitative estimate of drug-likeness (QED) is 0.869. The number of aromatic nitrogens is 1. The molecule has 0 fully saturated rings. The third-order valence-corrected chi connectivity index (χ3v) is 2.85. The predicted molar refractivity (Wildman–Crippen MR) is 77.0 cm³/mol. The van der Waals surface area contributed by atoms with Crippen LogP contribution in [0, 0.1) is 0 Å². The van der Waals surface area contributed by atoms with Crippen LogP contribution in [0.1, 0.15) is 19.8 Å². The van der Waals surface area contributed by atoms with Gasteiger partial charge in [0, 0.05) is 12.2 Å². The number of unbranched alkanes of at least 4 members (excludes halogenated alkanes) is 1. The first-order valence-corrected chi connectivity index (χ1v) is 6.35. The molecule has 2 N–H and O–H groups in total. The number of para-hydroxylation sites is 1. The minimum atomic E-state index is 0.697. The molecule has 1 heterocycles. The molecule has 0 saturated carbocycles. The maximum Gasteiger partial charge on any atom is 0.133 e. The van der Waals surface area contributed by atoms with Gasteiger partial charge in [-0.05, 0) is 30.7 Å². The van der Waals surface area contributed by atoms with Gasteiger partial charge in [0.2, 0.25) is 0 Å². The van der Waals surface area contributed by atoms with Crippen molar-refractivity contribution in [3.8, 4) is 0 Å². The van der Waals surface area contributed by atoms with Crippen LogP contribution in [0.2, 0.25) is 0 Å². The third-order valence-electron chi connectivity index (χ3n) is 2.85. The van der Waals surface area contributed by atoms with E-state index in [2.05, 4.69) is 28.9 Å². The fourth-order valence-corrected chi connectivity index (χ4v) is 1.86. The lowest BCUT2D eigenvalue weighted by Crippen LogP contribution is -2.19. The van der Waals surface area contributed by atoms with Crippen LogP contribution in [0.4, 0.5) is 17.2 Å². The second kappa shape index (κ2) is 6.05. The van der Waals surface area contributed by atoms with Gasteiger partial charge in [-0.15, -0.1) is 0 Å². The van der Waals surface area contributed by atoms with Gasteiger partial charge in [0.05, 0.1) is 11.9 Å². The zero-order chi connectivity index (χ0) is 12.8. The highest BCUT2D eigenvalue weighted by molar-refractivity contribution is 5.60. The summed E-state index contributed by atoms with van der Waals surface area (Å²) in [5, 5.41) is 0. The first-order valence-electron chi connectivity index (χ1n) is 6.35. The lowest BCUT2D eigenvalue weighted by Gasteiger charge is -2.23. The summed E-state index contributed by atoms with van der Waals surface area (Å²) < 4.78 is 0. The van der Waals surface area contributed by atoms with Crippen molar-refractivity contribution in [1.82, 2.24) is 4.98 Å². The molecule has 3 nitrogen and oxygen atoms in total. The summed E-state index contributed by atoms with van der Waals surface area (Å²) in [5.41, 5.74) is 7.55. The summed E-state index contributed by atoms with van der Waals surface area (Å²) >= 11 is 0. The minimum absolute atomic E-state index is 0.697. The van der Waals surface area contributed by atoms with Crippen LogP contribution >= 0.6 is 0 Å². The molecule has 0 atom stereocenters. The maximum absolute atomic E-state index is 5.68. The summed E-state index contributed by atoms with van der Waals surface area (Å²) in [6.45, 7) is 3.16. The van der Waals surface area contributed by atoms with Crippen LogP contribution in [0.5, 0.6) is 0 Å². The normalized spacial score (nSPS) is 10.3. The average molecular weight is 241 g/mol. The minimum Gasteiger partial charge on any atom is -0.397 e. The molecule has 0 aliphatic rings. The van der Waals surface area contributed by atoms with Crippen molar-refractivity contribution in [2.45, 2.75) is 19.8 Å². The SMILES string of the molecule is CCCCN(c1ccccc1)c1ccc(N)cn1.